The van der Waals surface area contributed by atoms with Crippen molar-refractivity contribution in [3.8, 4) is 56.4 Å². The minimum absolute atomic E-state index is 0.0310. The molecule has 3 heteroatoms. The number of benzene rings is 8. The van der Waals surface area contributed by atoms with Crippen LogP contribution in [0.5, 0.6) is 0 Å². The van der Waals surface area contributed by atoms with E-state index in [4.69, 9.17) is 26.0 Å². The minimum Gasteiger partial charge on any atom is -0.208 e. The van der Waals surface area contributed by atoms with Crippen LogP contribution in [0.2, 0.25) is 0 Å². The smallest absolute Gasteiger partial charge is 0.164 e. The van der Waals surface area contributed by atoms with Crippen molar-refractivity contribution >= 4 is 32.3 Å². The van der Waals surface area contributed by atoms with Gasteiger partial charge in [-0.3, -0.25) is 0 Å². The van der Waals surface area contributed by atoms with E-state index in [1.165, 1.54) is 13.8 Å². The van der Waals surface area contributed by atoms with E-state index in [1.54, 1.807) is 0 Å². The summed E-state index contributed by atoms with van der Waals surface area (Å²) in [6.07, 6.45) is 0. The molecule has 1 aliphatic rings. The molecule has 10 rings (SSSR count). The van der Waals surface area contributed by atoms with Crippen LogP contribution in [-0.4, -0.2) is 15.0 Å². The quantitative estimate of drug-likeness (QED) is 0.174. The largest absolute Gasteiger partial charge is 0.208 e. The normalized spacial score (nSPS) is 20.5. The lowest BCUT2D eigenvalue weighted by Gasteiger charge is -2.21. The van der Waals surface area contributed by atoms with Gasteiger partial charge in [0.05, 0.1) is 37.0 Å². The fraction of sp³-hybridized carbons (Fsp3) is 0.0625. The zero-order chi connectivity index (χ0) is 57.6. The molecule has 51 heavy (non-hydrogen) atoms. The van der Waals surface area contributed by atoms with Gasteiger partial charge < -0.3 is 0 Å². The van der Waals surface area contributed by atoms with Crippen LogP contribution in [0.3, 0.4) is 0 Å². The molecule has 0 aliphatic heterocycles. The van der Waals surface area contributed by atoms with Crippen LogP contribution in [0.1, 0.15) is 62.0 Å². The van der Waals surface area contributed by atoms with Gasteiger partial charge in [0, 0.05) is 22.1 Å². The summed E-state index contributed by atoms with van der Waals surface area (Å²) in [7, 11) is 0. The first-order valence-corrected chi connectivity index (χ1v) is 15.3. The molecule has 3 nitrogen and oxygen atoms in total. The number of rotatable bonds is 4. The molecule has 0 unspecified atom stereocenters. The molecular weight excluding hydrogens is 619 g/mol. The predicted molar refractivity (Wildman–Crippen MR) is 212 cm³/mol. The van der Waals surface area contributed by atoms with Crippen LogP contribution in [0, 0.1) is 0 Å². The topological polar surface area (TPSA) is 38.7 Å². The first-order chi connectivity index (χ1) is 36.3. The second-order valence-corrected chi connectivity index (χ2v) is 11.9. The zero-order valence-corrected chi connectivity index (χ0v) is 26.3. The molecule has 0 N–H and O–H groups in total. The van der Waals surface area contributed by atoms with Gasteiger partial charge in [0.2, 0.25) is 0 Å². The summed E-state index contributed by atoms with van der Waals surface area (Å²) in [5.41, 5.74) is -5.64. The van der Waals surface area contributed by atoms with E-state index in [1.807, 2.05) is 0 Å². The highest BCUT2D eigenvalue weighted by molar-refractivity contribution is 6.25. The van der Waals surface area contributed by atoms with E-state index in [0.29, 0.717) is 0 Å². The molecule has 0 radical (unpaired) electrons. The van der Waals surface area contributed by atoms with Gasteiger partial charge in [-0.25, -0.2) is 15.0 Å². The van der Waals surface area contributed by atoms with Gasteiger partial charge in [0.15, 0.2) is 17.5 Å². The maximum atomic E-state index is 9.67. The summed E-state index contributed by atoms with van der Waals surface area (Å²) in [5, 5.41) is -3.00. The van der Waals surface area contributed by atoms with Crippen molar-refractivity contribution in [1.29, 1.82) is 0 Å². The Balaban J connectivity index is 1.35. The van der Waals surface area contributed by atoms with Gasteiger partial charge in [0.25, 0.3) is 0 Å². The summed E-state index contributed by atoms with van der Waals surface area (Å²) < 4.78 is 241. The highest BCUT2D eigenvalue weighted by Crippen LogP contribution is 2.51. The monoisotopic (exact) mass is 678 g/mol. The number of aromatic nitrogens is 3. The van der Waals surface area contributed by atoms with Crippen LogP contribution in [0.15, 0.2) is 163 Å². The summed E-state index contributed by atoms with van der Waals surface area (Å²) in [6, 6.07) is -22.3. The van der Waals surface area contributed by atoms with E-state index in [0.717, 1.165) is 0 Å². The first-order valence-electron chi connectivity index (χ1n) is 28.8. The molecule has 9 aromatic rings. The Hall–Kier alpha value is -6.45. The molecule has 0 spiro atoms. The van der Waals surface area contributed by atoms with Crippen LogP contribution in [0.4, 0.5) is 0 Å². The van der Waals surface area contributed by atoms with Gasteiger partial charge in [-0.15, -0.1) is 0 Å². The second-order valence-electron chi connectivity index (χ2n) is 11.9. The van der Waals surface area contributed by atoms with Gasteiger partial charge in [0.1, 0.15) is 0 Å². The van der Waals surface area contributed by atoms with Crippen molar-refractivity contribution in [2.45, 2.75) is 19.3 Å². The minimum atomic E-state index is -1.47. The number of hydrogen-bond donors (Lipinski definition) is 0. The Morgan fingerprint density at radius 2 is 0.843 bits per heavy atom. The van der Waals surface area contributed by atoms with Crippen molar-refractivity contribution < 1.29 is 37.0 Å². The number of fused-ring (bicyclic) bond motifs is 9. The molecule has 0 saturated carbocycles. The van der Waals surface area contributed by atoms with Crippen molar-refractivity contribution in [3.05, 3.63) is 174 Å². The van der Waals surface area contributed by atoms with Gasteiger partial charge in [-0.2, -0.15) is 0 Å². The maximum Gasteiger partial charge on any atom is 0.164 e. The van der Waals surface area contributed by atoms with Crippen LogP contribution >= 0.6 is 0 Å². The van der Waals surface area contributed by atoms with Gasteiger partial charge in [-0.05, 0) is 71.7 Å². The SMILES string of the molecule is [2H]c1c([2H])c([2H])c(-c2nc(-c3c([2H])c([2H])c(-c4c([2H])c([2H])c5c6c([2H])c([2H])c([2H])c([2H])c6c6c([2H])c([2H])c([2H])c([2H])c6c5c4[2H])c([2H])c3[2H])nc(-c3c([2H])c([2H])c([2H])c4c3-c3c([2H])c([2H])c([2H])c([2H])c3C4(C)C)n2)c([2H])c1[2H]. The maximum absolute atomic E-state index is 9.67. The van der Waals surface area contributed by atoms with E-state index in [9.17, 15) is 11.0 Å². The molecule has 1 heterocycles. The fourth-order valence-electron chi connectivity index (χ4n) is 6.29. The van der Waals surface area contributed by atoms with Crippen LogP contribution < -0.4 is 0 Å². The Bertz CT molecular complexity index is 4280. The Labute approximate surface area is 334 Å². The third kappa shape index (κ3) is 4.62. The van der Waals surface area contributed by atoms with Crippen LogP contribution in [-0.2, 0) is 5.41 Å². The summed E-state index contributed by atoms with van der Waals surface area (Å²) in [5.74, 6) is -2.34. The molecule has 1 aliphatic carbocycles. The lowest BCUT2D eigenvalue weighted by Crippen LogP contribution is -2.14. The van der Waals surface area contributed by atoms with Crippen molar-refractivity contribution in [1.82, 2.24) is 15.0 Å². The average molecular weight is 679 g/mol. The highest BCUT2D eigenvalue weighted by atomic mass is 15.0. The summed E-state index contributed by atoms with van der Waals surface area (Å²) in [4.78, 5) is 13.3. The molecule has 240 valence electrons. The number of nitrogens with zero attached hydrogens (tertiary/aromatic N) is 3. The third-order valence-electron chi connectivity index (χ3n) is 8.68. The lowest BCUT2D eigenvalue weighted by atomic mass is 9.82. The molecule has 0 amide bonds. The molecule has 1 aromatic heterocycles. The molecule has 0 bridgehead atoms. The van der Waals surface area contributed by atoms with E-state index in [-0.39, 0.29) is 22.3 Å². The fourth-order valence-corrected chi connectivity index (χ4v) is 6.29. The lowest BCUT2D eigenvalue weighted by molar-refractivity contribution is 0.660. The van der Waals surface area contributed by atoms with Gasteiger partial charge in [-0.1, -0.05) is 171 Å². The van der Waals surface area contributed by atoms with Crippen LogP contribution in [0.25, 0.3) is 88.7 Å². The highest BCUT2D eigenvalue weighted by Gasteiger charge is 2.37. The standard InChI is InChI=1S/C48H33N3/c1-48(2)42-21-11-10-19-39(42)44-40(20-12-22-43(44)48)47-50-45(31-13-4-3-5-14-31)49-46(51-47)32-25-23-30(24-26-32)33-27-28-38-36-17-7-6-15-34(36)35-16-8-9-18-37(35)41(38)29-33/h3-29H,1-2H3/i3D,4D,5D,6D,7D,8D,9D,10D,11D,12D,13D,14D,15D,16D,17D,18D,19D,20D,21D,22D,23D,24D,25D,26D,27D,28D,29D. The molecule has 0 fully saturated rings. The van der Waals surface area contributed by atoms with Crippen molar-refractivity contribution in [3.63, 3.8) is 0 Å². The molecule has 0 atom stereocenters. The summed E-state index contributed by atoms with van der Waals surface area (Å²) in [6.45, 7) is 3.06. The third-order valence-corrected chi connectivity index (χ3v) is 8.68. The zero-order valence-electron chi connectivity index (χ0n) is 53.3. The first kappa shape index (κ1) is 13.0. The molecular formula is C48H33N3. The molecule has 8 aromatic carbocycles. The molecule has 0 saturated heterocycles. The second kappa shape index (κ2) is 11.3. The van der Waals surface area contributed by atoms with Crippen molar-refractivity contribution in [2.75, 3.05) is 0 Å². The Morgan fingerprint density at radius 3 is 1.53 bits per heavy atom. The van der Waals surface area contributed by atoms with E-state index >= 15 is 0 Å². The van der Waals surface area contributed by atoms with E-state index in [2.05, 4.69) is 15.0 Å². The Kier molecular flexibility index (Phi) is 2.88. The Morgan fingerprint density at radius 1 is 0.373 bits per heavy atom. The predicted octanol–water partition coefficient (Wildman–Crippen LogP) is 12.3. The van der Waals surface area contributed by atoms with Crippen molar-refractivity contribution in [2.24, 2.45) is 0 Å². The van der Waals surface area contributed by atoms with Gasteiger partial charge >= 0.3 is 0 Å². The summed E-state index contributed by atoms with van der Waals surface area (Å²) >= 11 is 0. The average Bonchev–Trinajstić information content (AvgIpc) is 3.65. The number of hydrogen-bond acceptors (Lipinski definition) is 3. The van der Waals surface area contributed by atoms with E-state index < -0.39 is 246 Å².